The lowest BCUT2D eigenvalue weighted by Crippen LogP contribution is -2.27. The second kappa shape index (κ2) is 8.49. The second-order valence-corrected chi connectivity index (χ2v) is 16.8. The van der Waals surface area contributed by atoms with E-state index in [2.05, 4.69) is 29.0 Å². The smallest absolute Gasteiger partial charge is 0.158 e. The molecule has 7 nitrogen and oxygen atoms in total. The first-order valence-corrected chi connectivity index (χ1v) is 15.6. The molecule has 3 rings (SSSR count). The molecule has 0 aliphatic carbocycles. The third kappa shape index (κ3) is 5.20. The largest absolute Gasteiger partial charge is 0.361 e. The van der Waals surface area contributed by atoms with Gasteiger partial charge in [-0.15, -0.1) is 0 Å². The molecule has 0 unspecified atom stereocenters. The van der Waals surface area contributed by atoms with Crippen LogP contribution in [0.1, 0.15) is 6.92 Å². The molecule has 3 heterocycles. The van der Waals surface area contributed by atoms with Crippen LogP contribution in [0.15, 0.2) is 30.6 Å². The normalized spacial score (nSPS) is 12.9. The standard InChI is InChI=1S/C20H32N4O3SSi/c1-6-28(25,26)13-11-22(2)19-8-7-17-15-21-20-18(24(17)19)9-10-23(20)16-27-12-14-29(3,4)5/h7-10,15H,6,11-14,16H2,1-5H3. The van der Waals surface area contributed by atoms with E-state index in [9.17, 15) is 8.42 Å². The van der Waals surface area contributed by atoms with Gasteiger partial charge in [-0.2, -0.15) is 0 Å². The summed E-state index contributed by atoms with van der Waals surface area (Å²) in [7, 11) is -2.18. The highest BCUT2D eigenvalue weighted by Gasteiger charge is 2.16. The summed E-state index contributed by atoms with van der Waals surface area (Å²) in [5, 5.41) is 0. The van der Waals surface area contributed by atoms with Gasteiger partial charge in [-0.05, 0) is 24.2 Å². The Kier molecular flexibility index (Phi) is 6.40. The van der Waals surface area contributed by atoms with Crippen molar-refractivity contribution >= 4 is 40.4 Å². The van der Waals surface area contributed by atoms with Crippen LogP contribution in [-0.4, -0.2) is 62.1 Å². The van der Waals surface area contributed by atoms with Crippen LogP contribution in [0.2, 0.25) is 25.7 Å². The number of rotatable bonds is 10. The summed E-state index contributed by atoms with van der Waals surface area (Å²) in [5.41, 5.74) is 2.83. The predicted octanol–water partition coefficient (Wildman–Crippen LogP) is 3.47. The summed E-state index contributed by atoms with van der Waals surface area (Å²) in [6.45, 7) is 10.4. The molecular formula is C20H32N4O3SSi. The van der Waals surface area contributed by atoms with Gasteiger partial charge in [0, 0.05) is 40.2 Å². The summed E-state index contributed by atoms with van der Waals surface area (Å²) in [6, 6.07) is 7.19. The Balaban J connectivity index is 1.82. The summed E-state index contributed by atoms with van der Waals surface area (Å²) in [6.07, 6.45) is 3.85. The van der Waals surface area contributed by atoms with Crippen LogP contribution in [0.3, 0.4) is 0 Å². The molecule has 0 fully saturated rings. The van der Waals surface area contributed by atoms with E-state index in [4.69, 9.17) is 4.74 Å². The molecular weight excluding hydrogens is 404 g/mol. The maximum atomic E-state index is 11.9. The van der Waals surface area contributed by atoms with Crippen molar-refractivity contribution in [3.63, 3.8) is 0 Å². The lowest BCUT2D eigenvalue weighted by molar-refractivity contribution is 0.0899. The molecule has 0 aliphatic rings. The molecule has 29 heavy (non-hydrogen) atoms. The molecule has 0 atom stereocenters. The minimum absolute atomic E-state index is 0.146. The molecule has 0 spiro atoms. The quantitative estimate of drug-likeness (QED) is 0.360. The SMILES string of the molecule is CCS(=O)(=O)CCN(C)c1ccc2cnc3c(ccn3COCC[Si](C)(C)C)n12. The Morgan fingerprint density at radius 2 is 1.97 bits per heavy atom. The Labute approximate surface area is 174 Å². The van der Waals surface area contributed by atoms with Gasteiger partial charge >= 0.3 is 0 Å². The first-order valence-electron chi connectivity index (χ1n) is 10.1. The minimum atomic E-state index is -3.00. The zero-order valence-corrected chi connectivity index (χ0v) is 19.9. The number of aromatic nitrogens is 3. The van der Waals surface area contributed by atoms with E-state index in [-0.39, 0.29) is 11.5 Å². The fourth-order valence-corrected chi connectivity index (χ4v) is 4.78. The highest BCUT2D eigenvalue weighted by Crippen LogP contribution is 2.24. The number of sulfone groups is 1. The topological polar surface area (TPSA) is 68.8 Å². The van der Waals surface area contributed by atoms with Crippen molar-refractivity contribution < 1.29 is 13.2 Å². The average Bonchev–Trinajstić information content (AvgIpc) is 3.26. The van der Waals surface area contributed by atoms with Crippen LogP contribution < -0.4 is 4.90 Å². The molecule has 0 aliphatic heterocycles. The van der Waals surface area contributed by atoms with E-state index < -0.39 is 17.9 Å². The van der Waals surface area contributed by atoms with E-state index in [1.54, 1.807) is 6.92 Å². The van der Waals surface area contributed by atoms with Crippen molar-refractivity contribution in [1.82, 2.24) is 14.0 Å². The third-order valence-electron chi connectivity index (χ3n) is 5.16. The number of ether oxygens (including phenoxy) is 1. The van der Waals surface area contributed by atoms with Crippen LogP contribution in [-0.2, 0) is 21.3 Å². The first kappa shape index (κ1) is 21.9. The Morgan fingerprint density at radius 1 is 1.21 bits per heavy atom. The zero-order chi connectivity index (χ0) is 21.2. The molecule has 0 aromatic carbocycles. The maximum Gasteiger partial charge on any atom is 0.158 e. The van der Waals surface area contributed by atoms with Gasteiger partial charge in [-0.1, -0.05) is 26.6 Å². The van der Waals surface area contributed by atoms with Crippen LogP contribution in [0.25, 0.3) is 16.7 Å². The fraction of sp³-hybridized carbons (Fsp3) is 0.550. The molecule has 3 aromatic rings. The number of fused-ring (bicyclic) bond motifs is 3. The number of anilines is 1. The summed E-state index contributed by atoms with van der Waals surface area (Å²) in [5.74, 6) is 1.27. The van der Waals surface area contributed by atoms with E-state index in [0.717, 1.165) is 35.1 Å². The van der Waals surface area contributed by atoms with Crippen molar-refractivity contribution in [3.8, 4) is 0 Å². The Hall–Kier alpha value is -1.84. The van der Waals surface area contributed by atoms with Gasteiger partial charge in [0.15, 0.2) is 15.5 Å². The van der Waals surface area contributed by atoms with Crippen molar-refractivity contribution in [2.24, 2.45) is 0 Å². The lowest BCUT2D eigenvalue weighted by atomic mass is 10.5. The van der Waals surface area contributed by atoms with Gasteiger partial charge in [0.05, 0.1) is 23.0 Å². The summed E-state index contributed by atoms with van der Waals surface area (Å²) < 4.78 is 33.8. The van der Waals surface area contributed by atoms with Gasteiger partial charge in [0.2, 0.25) is 0 Å². The van der Waals surface area contributed by atoms with Gasteiger partial charge in [0.1, 0.15) is 12.5 Å². The van der Waals surface area contributed by atoms with E-state index in [1.807, 2.05) is 47.1 Å². The van der Waals surface area contributed by atoms with Crippen molar-refractivity contribution in [2.45, 2.75) is 39.3 Å². The van der Waals surface area contributed by atoms with Crippen LogP contribution in [0.5, 0.6) is 0 Å². The van der Waals surface area contributed by atoms with Gasteiger partial charge in [-0.25, -0.2) is 13.4 Å². The lowest BCUT2D eigenvalue weighted by Gasteiger charge is -2.19. The highest BCUT2D eigenvalue weighted by molar-refractivity contribution is 7.91. The van der Waals surface area contributed by atoms with Crippen molar-refractivity contribution in [2.75, 3.05) is 36.6 Å². The van der Waals surface area contributed by atoms with Crippen LogP contribution >= 0.6 is 0 Å². The van der Waals surface area contributed by atoms with Gasteiger partial charge in [-0.3, -0.25) is 4.40 Å². The molecule has 0 amide bonds. The average molecular weight is 437 g/mol. The fourth-order valence-electron chi connectivity index (χ4n) is 3.18. The monoisotopic (exact) mass is 436 g/mol. The Morgan fingerprint density at radius 3 is 2.66 bits per heavy atom. The van der Waals surface area contributed by atoms with Crippen LogP contribution in [0, 0.1) is 0 Å². The summed E-state index contributed by atoms with van der Waals surface area (Å²) in [4.78, 5) is 6.61. The summed E-state index contributed by atoms with van der Waals surface area (Å²) >= 11 is 0. The number of nitrogens with zero attached hydrogens (tertiary/aromatic N) is 4. The molecule has 0 radical (unpaired) electrons. The van der Waals surface area contributed by atoms with E-state index >= 15 is 0 Å². The maximum absolute atomic E-state index is 11.9. The first-order chi connectivity index (χ1) is 13.6. The molecule has 9 heteroatoms. The van der Waals surface area contributed by atoms with Gasteiger partial charge in [0.25, 0.3) is 0 Å². The number of hydrogen-bond acceptors (Lipinski definition) is 5. The van der Waals surface area contributed by atoms with Crippen molar-refractivity contribution in [1.29, 1.82) is 0 Å². The Bertz CT molecular complexity index is 1080. The minimum Gasteiger partial charge on any atom is -0.361 e. The molecule has 3 aromatic heterocycles. The molecule has 160 valence electrons. The second-order valence-electron chi connectivity index (χ2n) is 8.71. The number of hydrogen-bond donors (Lipinski definition) is 0. The molecule has 0 bridgehead atoms. The highest BCUT2D eigenvalue weighted by atomic mass is 32.2. The third-order valence-corrected chi connectivity index (χ3v) is 8.55. The molecule has 0 saturated carbocycles. The predicted molar refractivity (Wildman–Crippen MR) is 122 cm³/mol. The van der Waals surface area contributed by atoms with Crippen molar-refractivity contribution in [3.05, 3.63) is 30.6 Å². The van der Waals surface area contributed by atoms with E-state index in [0.29, 0.717) is 13.3 Å². The molecule has 0 N–H and O–H groups in total. The van der Waals surface area contributed by atoms with Crippen LogP contribution in [0.4, 0.5) is 5.82 Å². The molecule has 0 saturated heterocycles. The van der Waals surface area contributed by atoms with E-state index in [1.165, 1.54) is 0 Å². The van der Waals surface area contributed by atoms with Gasteiger partial charge < -0.3 is 14.2 Å². The zero-order valence-electron chi connectivity index (χ0n) is 18.1.